The van der Waals surface area contributed by atoms with E-state index in [0.717, 1.165) is 5.56 Å². The Balaban J connectivity index is 1.89. The molecule has 1 amide bonds. The number of amides is 1. The van der Waals surface area contributed by atoms with Crippen LogP contribution in [0.3, 0.4) is 0 Å². The highest BCUT2D eigenvalue weighted by molar-refractivity contribution is 5.93. The number of hydrogen-bond acceptors (Lipinski definition) is 3. The highest BCUT2D eigenvalue weighted by Crippen LogP contribution is 2.20. The first kappa shape index (κ1) is 16.7. The summed E-state index contributed by atoms with van der Waals surface area (Å²) in [4.78, 5) is 23.9. The number of benzene rings is 2. The number of rotatable bonds is 6. The molecule has 2 aromatic rings. The molecule has 0 radical (unpaired) electrons. The maximum Gasteiger partial charge on any atom is 0.313 e. The van der Waals surface area contributed by atoms with Crippen molar-refractivity contribution in [1.82, 2.24) is 0 Å². The molecule has 1 N–H and O–H groups in total. The molecule has 2 rings (SSSR count). The molecule has 120 valence electrons. The zero-order valence-electron chi connectivity index (χ0n) is 12.8. The molecule has 0 heterocycles. The van der Waals surface area contributed by atoms with E-state index >= 15 is 0 Å². The van der Waals surface area contributed by atoms with Gasteiger partial charge in [0.15, 0.2) is 6.61 Å². The standard InChI is InChI=1S/C18H18FNO3/c1-2-16(13-7-4-3-5-8-13)18(22)23-12-17(21)20-15-10-6-9-14(19)11-15/h3-11,16H,2,12H2,1H3,(H,20,21). The van der Waals surface area contributed by atoms with Crippen LogP contribution >= 0.6 is 0 Å². The van der Waals surface area contributed by atoms with Crippen molar-refractivity contribution in [3.05, 3.63) is 66.0 Å². The van der Waals surface area contributed by atoms with Crippen molar-refractivity contribution in [1.29, 1.82) is 0 Å². The van der Waals surface area contributed by atoms with Gasteiger partial charge in [0.2, 0.25) is 0 Å². The van der Waals surface area contributed by atoms with Gasteiger partial charge in [-0.3, -0.25) is 9.59 Å². The Hall–Kier alpha value is -2.69. The smallest absolute Gasteiger partial charge is 0.313 e. The lowest BCUT2D eigenvalue weighted by Gasteiger charge is -2.14. The summed E-state index contributed by atoms with van der Waals surface area (Å²) in [6.07, 6.45) is 0.578. The molecular weight excluding hydrogens is 297 g/mol. The summed E-state index contributed by atoms with van der Waals surface area (Å²) < 4.78 is 18.1. The number of halogens is 1. The van der Waals surface area contributed by atoms with E-state index in [9.17, 15) is 14.0 Å². The highest BCUT2D eigenvalue weighted by Gasteiger charge is 2.20. The van der Waals surface area contributed by atoms with Crippen molar-refractivity contribution in [2.45, 2.75) is 19.3 Å². The predicted molar refractivity (Wildman–Crippen MR) is 85.5 cm³/mol. The van der Waals surface area contributed by atoms with E-state index in [1.165, 1.54) is 18.2 Å². The molecule has 1 unspecified atom stereocenters. The van der Waals surface area contributed by atoms with Crippen LogP contribution in [0.25, 0.3) is 0 Å². The quantitative estimate of drug-likeness (QED) is 0.830. The fraction of sp³-hybridized carbons (Fsp3) is 0.222. The predicted octanol–water partition coefficient (Wildman–Crippen LogP) is 3.50. The fourth-order valence-corrected chi connectivity index (χ4v) is 2.22. The molecule has 4 nitrogen and oxygen atoms in total. The summed E-state index contributed by atoms with van der Waals surface area (Å²) in [6, 6.07) is 14.8. The van der Waals surface area contributed by atoms with E-state index in [-0.39, 0.29) is 0 Å². The van der Waals surface area contributed by atoms with Crippen LogP contribution in [0.2, 0.25) is 0 Å². The zero-order chi connectivity index (χ0) is 16.7. The van der Waals surface area contributed by atoms with Gasteiger partial charge in [0.25, 0.3) is 5.91 Å². The van der Waals surface area contributed by atoms with E-state index < -0.39 is 30.2 Å². The Morgan fingerprint density at radius 3 is 2.52 bits per heavy atom. The minimum Gasteiger partial charge on any atom is -0.455 e. The summed E-state index contributed by atoms with van der Waals surface area (Å²) in [5, 5.41) is 2.48. The maximum atomic E-state index is 13.0. The number of hydrogen-bond donors (Lipinski definition) is 1. The molecule has 0 aromatic heterocycles. The van der Waals surface area contributed by atoms with Crippen LogP contribution in [-0.2, 0) is 14.3 Å². The summed E-state index contributed by atoms with van der Waals surface area (Å²) in [6.45, 7) is 1.48. The maximum absolute atomic E-state index is 13.0. The molecule has 0 aliphatic rings. The third-order valence-electron chi connectivity index (χ3n) is 3.35. The number of esters is 1. The van der Waals surface area contributed by atoms with E-state index in [0.29, 0.717) is 12.1 Å². The van der Waals surface area contributed by atoms with Crippen LogP contribution in [-0.4, -0.2) is 18.5 Å². The SMILES string of the molecule is CCC(C(=O)OCC(=O)Nc1cccc(F)c1)c1ccccc1. The Morgan fingerprint density at radius 1 is 1.13 bits per heavy atom. The van der Waals surface area contributed by atoms with E-state index in [2.05, 4.69) is 5.32 Å². The molecule has 23 heavy (non-hydrogen) atoms. The van der Waals surface area contributed by atoms with Gasteiger partial charge in [-0.2, -0.15) is 0 Å². The Kier molecular flexibility index (Phi) is 5.86. The van der Waals surface area contributed by atoms with Crippen LogP contribution < -0.4 is 5.32 Å². The number of anilines is 1. The lowest BCUT2D eigenvalue weighted by atomic mass is 9.97. The van der Waals surface area contributed by atoms with Crippen LogP contribution in [0.4, 0.5) is 10.1 Å². The molecule has 0 aliphatic heterocycles. The van der Waals surface area contributed by atoms with Crippen molar-refractivity contribution in [2.75, 3.05) is 11.9 Å². The Morgan fingerprint density at radius 2 is 1.87 bits per heavy atom. The molecule has 0 spiro atoms. The minimum absolute atomic E-state index is 0.321. The number of carbonyl (C=O) groups excluding carboxylic acids is 2. The average molecular weight is 315 g/mol. The normalized spacial score (nSPS) is 11.6. The van der Waals surface area contributed by atoms with Crippen LogP contribution in [0, 0.1) is 5.82 Å². The molecule has 5 heteroatoms. The first-order valence-corrected chi connectivity index (χ1v) is 7.37. The highest BCUT2D eigenvalue weighted by atomic mass is 19.1. The second kappa shape index (κ2) is 8.08. The first-order chi connectivity index (χ1) is 11.1. The number of ether oxygens (including phenoxy) is 1. The molecule has 2 aromatic carbocycles. The lowest BCUT2D eigenvalue weighted by Crippen LogP contribution is -2.23. The first-order valence-electron chi connectivity index (χ1n) is 7.37. The van der Waals surface area contributed by atoms with Crippen molar-refractivity contribution in [2.24, 2.45) is 0 Å². The van der Waals surface area contributed by atoms with E-state index in [4.69, 9.17) is 4.74 Å². The molecule has 0 fully saturated rings. The lowest BCUT2D eigenvalue weighted by molar-refractivity contribution is -0.149. The van der Waals surface area contributed by atoms with Gasteiger partial charge in [-0.25, -0.2) is 4.39 Å². The second-order valence-electron chi connectivity index (χ2n) is 5.04. The third-order valence-corrected chi connectivity index (χ3v) is 3.35. The zero-order valence-corrected chi connectivity index (χ0v) is 12.8. The van der Waals surface area contributed by atoms with Crippen molar-refractivity contribution in [3.8, 4) is 0 Å². The summed E-state index contributed by atoms with van der Waals surface area (Å²) in [5.41, 5.74) is 1.17. The monoisotopic (exact) mass is 315 g/mol. The Bertz CT molecular complexity index is 673. The molecular formula is C18H18FNO3. The largest absolute Gasteiger partial charge is 0.455 e. The van der Waals surface area contributed by atoms with Crippen LogP contribution in [0.1, 0.15) is 24.8 Å². The third kappa shape index (κ3) is 4.92. The summed E-state index contributed by atoms with van der Waals surface area (Å²) in [5.74, 6) is -1.81. The van der Waals surface area contributed by atoms with Crippen LogP contribution in [0.5, 0.6) is 0 Å². The van der Waals surface area contributed by atoms with E-state index in [1.54, 1.807) is 6.07 Å². The van der Waals surface area contributed by atoms with E-state index in [1.807, 2.05) is 37.3 Å². The van der Waals surface area contributed by atoms with Crippen molar-refractivity contribution >= 4 is 17.6 Å². The summed E-state index contributed by atoms with van der Waals surface area (Å²) in [7, 11) is 0. The van der Waals surface area contributed by atoms with Crippen LogP contribution in [0.15, 0.2) is 54.6 Å². The second-order valence-corrected chi connectivity index (χ2v) is 5.04. The van der Waals surface area contributed by atoms with Gasteiger partial charge in [0, 0.05) is 5.69 Å². The van der Waals surface area contributed by atoms with Gasteiger partial charge in [-0.15, -0.1) is 0 Å². The Labute approximate surface area is 134 Å². The van der Waals surface area contributed by atoms with Crippen molar-refractivity contribution in [3.63, 3.8) is 0 Å². The van der Waals surface area contributed by atoms with Gasteiger partial charge in [0.1, 0.15) is 5.82 Å². The number of nitrogens with one attached hydrogen (secondary N) is 1. The van der Waals surface area contributed by atoms with Gasteiger partial charge < -0.3 is 10.1 Å². The fourth-order valence-electron chi connectivity index (χ4n) is 2.22. The molecule has 0 saturated heterocycles. The van der Waals surface area contributed by atoms with Gasteiger partial charge in [-0.05, 0) is 30.2 Å². The molecule has 0 saturated carbocycles. The van der Waals surface area contributed by atoms with Gasteiger partial charge >= 0.3 is 5.97 Å². The average Bonchev–Trinajstić information content (AvgIpc) is 2.55. The van der Waals surface area contributed by atoms with Gasteiger partial charge in [-0.1, -0.05) is 43.3 Å². The summed E-state index contributed by atoms with van der Waals surface area (Å²) >= 11 is 0. The molecule has 1 atom stereocenters. The topological polar surface area (TPSA) is 55.4 Å². The minimum atomic E-state index is -0.508. The number of carbonyl (C=O) groups is 2. The van der Waals surface area contributed by atoms with Gasteiger partial charge in [0.05, 0.1) is 5.92 Å². The molecule has 0 aliphatic carbocycles. The molecule has 0 bridgehead atoms. The van der Waals surface area contributed by atoms with Crippen molar-refractivity contribution < 1.29 is 18.7 Å².